The molecule has 0 bridgehead atoms. The third kappa shape index (κ3) is 44.4. The van der Waals surface area contributed by atoms with Gasteiger partial charge in [0.2, 0.25) is 59.1 Å². The number of nitrogens with one attached hydrogen (secondary N) is 8. The van der Waals surface area contributed by atoms with E-state index in [1.165, 1.54) is 89.9 Å². The molecule has 0 radical (unpaired) electrons. The van der Waals surface area contributed by atoms with E-state index in [4.69, 9.17) is 11.5 Å². The largest absolute Gasteiger partial charge is 0.394 e. The van der Waals surface area contributed by atoms with Crippen LogP contribution >= 0.6 is 0 Å². The fourth-order valence-electron chi connectivity index (χ4n) is 12.6. The minimum absolute atomic E-state index is 0.000136. The van der Waals surface area contributed by atoms with Crippen molar-refractivity contribution in [1.82, 2.24) is 47.4 Å². The molecule has 0 unspecified atom stereocenters. The van der Waals surface area contributed by atoms with Crippen LogP contribution in [-0.2, 0) is 67.1 Å². The molecule has 1 aliphatic rings. The lowest BCUT2D eigenvalue weighted by atomic mass is 9.87. The van der Waals surface area contributed by atoms with Crippen molar-refractivity contribution >= 4 is 82.2 Å². The zero-order valence-corrected chi connectivity index (χ0v) is 67.3. The van der Waals surface area contributed by atoms with Crippen molar-refractivity contribution in [1.29, 1.82) is 0 Å². The smallest absolute Gasteiger partial charge is 0.245 e. The number of likely N-dealkylation sites (tertiary alicyclic amines) is 1. The Morgan fingerprint density at radius 2 is 0.935 bits per heavy atom. The Kier molecular flexibility index (Phi) is 52.8. The summed E-state index contributed by atoms with van der Waals surface area (Å²) >= 11 is 0. The van der Waals surface area contributed by atoms with Crippen LogP contribution in [0.3, 0.4) is 0 Å². The highest BCUT2D eigenvalue weighted by molar-refractivity contribution is 5.98. The molecule has 1 rings (SSSR count). The van der Waals surface area contributed by atoms with Crippen LogP contribution < -0.4 is 54.0 Å². The summed E-state index contributed by atoms with van der Waals surface area (Å²) < 4.78 is 0. The molecule has 107 heavy (non-hydrogen) atoms. The van der Waals surface area contributed by atoms with E-state index in [-0.39, 0.29) is 98.2 Å². The van der Waals surface area contributed by atoms with Gasteiger partial charge in [0.15, 0.2) is 17.3 Å². The van der Waals surface area contributed by atoms with E-state index in [1.54, 1.807) is 27.7 Å². The highest BCUT2D eigenvalue weighted by Gasteiger charge is 2.38. The summed E-state index contributed by atoms with van der Waals surface area (Å²) in [4.78, 5) is 182. The number of unbranched alkanes of at least 4 members (excludes halogenated alkanes) is 13. The third-order valence-corrected chi connectivity index (χ3v) is 19.0. The van der Waals surface area contributed by atoms with Crippen LogP contribution in [0.1, 0.15) is 277 Å². The predicted molar refractivity (Wildman–Crippen MR) is 410 cm³/mol. The summed E-state index contributed by atoms with van der Waals surface area (Å²) in [6.45, 7) is 23.2. The molecule has 0 saturated carbocycles. The maximum atomic E-state index is 13.3. The topological polar surface area (TPSA) is 471 Å². The van der Waals surface area contributed by atoms with Gasteiger partial charge in [-0.2, -0.15) is 0 Å². The molecule has 616 valence electrons. The van der Waals surface area contributed by atoms with Crippen LogP contribution in [0.4, 0.5) is 0 Å². The minimum Gasteiger partial charge on any atom is -0.394 e. The van der Waals surface area contributed by atoms with Crippen LogP contribution in [0.2, 0.25) is 0 Å². The van der Waals surface area contributed by atoms with Gasteiger partial charge < -0.3 is 84.1 Å². The van der Waals surface area contributed by atoms with Gasteiger partial charge in [-0.05, 0) is 123 Å². The molecular formula is C78H141N11O18. The normalized spacial score (nSPS) is 16.2. The van der Waals surface area contributed by atoms with Crippen molar-refractivity contribution in [3.63, 3.8) is 0 Å². The fraction of sp³-hybridized carbons (Fsp3) is 0.821. The number of amides is 10. The van der Waals surface area contributed by atoms with Crippen LogP contribution in [0.15, 0.2) is 0 Å². The molecule has 0 aromatic carbocycles. The van der Waals surface area contributed by atoms with Crippen LogP contribution in [-0.4, -0.2) is 201 Å². The van der Waals surface area contributed by atoms with E-state index in [0.717, 1.165) is 19.3 Å². The number of aliphatic hydroxyl groups is 4. The number of nitrogens with two attached hydrogens (primary N) is 2. The van der Waals surface area contributed by atoms with Crippen molar-refractivity contribution < 1.29 is 87.5 Å². The number of carbonyl (C=O) groups is 14. The molecule has 0 aliphatic carbocycles. The van der Waals surface area contributed by atoms with Crippen LogP contribution in [0.5, 0.6) is 0 Å². The number of nitrogens with zero attached hydrogens (tertiary/aromatic N) is 1. The molecule has 1 fully saturated rings. The number of ketones is 4. The van der Waals surface area contributed by atoms with Gasteiger partial charge in [0.05, 0.1) is 56.0 Å². The molecular weight excluding hydrogens is 1380 g/mol. The van der Waals surface area contributed by atoms with E-state index in [9.17, 15) is 87.5 Å². The SMILES string of the molecule is CC(=O)C[C@@H](CCCCN)C(=O)N[C@@H](CC(C)C)C(=O)CCC(=O)N[C@@H](CO)C(=O)C[C@H](C(=O)NCC(=O)N1CCC[C@H]1C(=O)N[C@@H](C)C(=O)N[C@@H](CO)C(=O)N[C@@H](CC(C)C)C(N)=O)[C@@H](C)O.CCCCCCCCCCCCCCCC(=O)N[C@@H](CC(C)C)C(=O)C[C@@H](CC(C)C)C(=O)N[C@H](C)[C@@H](C)O. The van der Waals surface area contributed by atoms with Gasteiger partial charge in [-0.1, -0.05) is 146 Å². The first kappa shape index (κ1) is 100. The first-order chi connectivity index (χ1) is 50.3. The van der Waals surface area contributed by atoms with Crippen molar-refractivity contribution in [2.45, 2.75) is 337 Å². The average Bonchev–Trinajstić information content (AvgIpc) is 1.73. The van der Waals surface area contributed by atoms with E-state index in [0.29, 0.717) is 51.5 Å². The van der Waals surface area contributed by atoms with Crippen molar-refractivity contribution in [3.8, 4) is 0 Å². The molecule has 13 atom stereocenters. The lowest BCUT2D eigenvalue weighted by Gasteiger charge is -2.27. The van der Waals surface area contributed by atoms with Gasteiger partial charge in [0, 0.05) is 56.9 Å². The molecule has 1 saturated heterocycles. The standard InChI is InChI=1S/C45H77N9O14.C33H64N2O4/c1-24(2)17-31(51-42(65)29(19-26(5)57)11-8-9-15-46)36(59)13-14-38(61)50-33(22-55)37(60)20-30(28(7)58)43(66)48-21-39(62)54-16-10-12-35(54)45(68)49-27(6)41(64)53-34(23-56)44(67)52-32(40(47)63)18-25(3)4;1-8-9-10-11-12-13-14-15-16-17-18-19-20-21-32(38)35-30(23-26(4)5)31(37)24-29(22-25(2)3)33(39)34-27(6)28(7)36/h24-25,27-35,55-56,58H,8-23,46H2,1-7H3,(H2,47,63)(H,48,66)(H,49,68)(H,50,61)(H,51,65)(H,52,67)(H,53,64);25-30,36H,8-24H2,1-7H3,(H,34,39)(H,35,38)/t27-,28+,29+,30-,31-,32-,33-,34-,35-;27-,28-,29-,30+/m01/s1. The van der Waals surface area contributed by atoms with Crippen LogP contribution in [0.25, 0.3) is 0 Å². The third-order valence-electron chi connectivity index (χ3n) is 19.0. The Labute approximate surface area is 637 Å². The first-order valence-electron chi connectivity index (χ1n) is 39.7. The molecule has 0 spiro atoms. The van der Waals surface area contributed by atoms with Gasteiger partial charge >= 0.3 is 0 Å². The van der Waals surface area contributed by atoms with Gasteiger partial charge in [-0.3, -0.25) is 62.3 Å². The second kappa shape index (κ2) is 56.4. The quantitative estimate of drug-likeness (QED) is 0.0369. The number of rotatable bonds is 58. The second-order valence-electron chi connectivity index (χ2n) is 31.2. The zero-order chi connectivity index (χ0) is 81.5. The molecule has 0 aromatic rings. The molecule has 0 aromatic heterocycles. The summed E-state index contributed by atoms with van der Waals surface area (Å²) in [6.07, 6.45) is 17.4. The zero-order valence-electron chi connectivity index (χ0n) is 67.3. The summed E-state index contributed by atoms with van der Waals surface area (Å²) in [5.74, 6) is -10.00. The van der Waals surface area contributed by atoms with Crippen molar-refractivity contribution in [3.05, 3.63) is 0 Å². The Morgan fingerprint density at radius 1 is 0.458 bits per heavy atom. The van der Waals surface area contributed by atoms with Crippen molar-refractivity contribution in [2.24, 2.45) is 52.9 Å². The van der Waals surface area contributed by atoms with Gasteiger partial charge in [-0.25, -0.2) is 0 Å². The maximum absolute atomic E-state index is 13.3. The summed E-state index contributed by atoms with van der Waals surface area (Å²) in [7, 11) is 0. The molecule has 1 aliphatic heterocycles. The van der Waals surface area contributed by atoms with Gasteiger partial charge in [0.1, 0.15) is 36.0 Å². The van der Waals surface area contributed by atoms with Crippen LogP contribution in [0, 0.1) is 41.4 Å². The van der Waals surface area contributed by atoms with E-state index in [2.05, 4.69) is 49.5 Å². The lowest BCUT2D eigenvalue weighted by Crippen LogP contribution is -2.58. The Hall–Kier alpha value is -6.82. The number of hydrogen-bond donors (Lipinski definition) is 14. The number of primary amides is 1. The average molecular weight is 1520 g/mol. The van der Waals surface area contributed by atoms with E-state index < -0.39 is 164 Å². The first-order valence-corrected chi connectivity index (χ1v) is 39.7. The lowest BCUT2D eigenvalue weighted by molar-refractivity contribution is -0.141. The number of Topliss-reactive ketones (excluding diaryl/α,β-unsaturated/α-hetero) is 4. The summed E-state index contributed by atoms with van der Waals surface area (Å²) in [6, 6.07) is -8.25. The fourth-order valence-corrected chi connectivity index (χ4v) is 12.6. The highest BCUT2D eigenvalue weighted by atomic mass is 16.3. The number of aliphatic hydroxyl groups excluding tert-OH is 4. The number of hydrogen-bond acceptors (Lipinski definition) is 19. The monoisotopic (exact) mass is 1520 g/mol. The molecule has 16 N–H and O–H groups in total. The highest BCUT2D eigenvalue weighted by Crippen LogP contribution is 2.23. The Balaban J connectivity index is 0.00000244. The van der Waals surface area contributed by atoms with Crippen molar-refractivity contribution in [2.75, 3.05) is 32.8 Å². The van der Waals surface area contributed by atoms with Gasteiger partial charge in [0.25, 0.3) is 0 Å². The molecule has 10 amide bonds. The summed E-state index contributed by atoms with van der Waals surface area (Å²) in [5, 5.41) is 60.4. The van der Waals surface area contributed by atoms with E-state index in [1.807, 2.05) is 41.5 Å². The van der Waals surface area contributed by atoms with E-state index >= 15 is 0 Å². The summed E-state index contributed by atoms with van der Waals surface area (Å²) in [5.41, 5.74) is 10.9. The minimum atomic E-state index is -1.52. The molecule has 1 heterocycles. The van der Waals surface area contributed by atoms with Gasteiger partial charge in [-0.15, -0.1) is 0 Å². The Bertz CT molecular complexity index is 2730. The predicted octanol–water partition coefficient (Wildman–Crippen LogP) is 4.63. The molecule has 29 nitrogen and oxygen atoms in total. The second-order valence-corrected chi connectivity index (χ2v) is 31.2. The Morgan fingerprint density at radius 3 is 1.43 bits per heavy atom. The number of carbonyl (C=O) groups excluding carboxylic acids is 14. The molecule has 29 heteroatoms. The maximum Gasteiger partial charge on any atom is 0.245 e.